The molecule has 6 heteroatoms. The summed E-state index contributed by atoms with van der Waals surface area (Å²) in [7, 11) is 0. The molecular weight excluding hydrogens is 322 g/mol. The average Bonchev–Trinajstić information content (AvgIpc) is 3.10. The molecule has 0 saturated carbocycles. The van der Waals surface area contributed by atoms with Crippen molar-refractivity contribution in [1.29, 1.82) is 0 Å². The van der Waals surface area contributed by atoms with E-state index in [2.05, 4.69) is 34.1 Å². The van der Waals surface area contributed by atoms with Crippen molar-refractivity contribution in [3.63, 3.8) is 0 Å². The number of ether oxygens (including phenoxy) is 2. The first-order chi connectivity index (χ1) is 11.8. The number of hydrogen-bond acceptors (Lipinski definition) is 6. The van der Waals surface area contributed by atoms with Gasteiger partial charge in [-0.05, 0) is 5.56 Å². The van der Waals surface area contributed by atoms with Crippen molar-refractivity contribution < 1.29 is 9.47 Å². The van der Waals surface area contributed by atoms with Crippen LogP contribution in [0.1, 0.15) is 18.4 Å². The Kier molecular flexibility index (Phi) is 4.69. The highest BCUT2D eigenvalue weighted by Crippen LogP contribution is 2.33. The van der Waals surface area contributed by atoms with Crippen LogP contribution in [-0.4, -0.2) is 42.1 Å². The van der Waals surface area contributed by atoms with Gasteiger partial charge in [0.15, 0.2) is 5.79 Å². The Bertz CT molecular complexity index is 667. The van der Waals surface area contributed by atoms with E-state index < -0.39 is 0 Å². The second-order valence-electron chi connectivity index (χ2n) is 6.08. The van der Waals surface area contributed by atoms with E-state index in [9.17, 15) is 0 Å². The van der Waals surface area contributed by atoms with E-state index in [1.54, 1.807) is 11.8 Å². The van der Waals surface area contributed by atoms with Gasteiger partial charge in [0, 0.05) is 31.7 Å². The predicted molar refractivity (Wildman–Crippen MR) is 94.1 cm³/mol. The maximum Gasteiger partial charge on any atom is 0.171 e. The first-order valence-electron chi connectivity index (χ1n) is 8.35. The molecule has 2 fully saturated rings. The third-order valence-corrected chi connectivity index (χ3v) is 5.46. The largest absolute Gasteiger partial charge is 0.355 e. The van der Waals surface area contributed by atoms with Crippen molar-refractivity contribution in [3.05, 3.63) is 48.3 Å². The number of piperidine rings is 1. The predicted octanol–water partition coefficient (Wildman–Crippen LogP) is 3.11. The van der Waals surface area contributed by atoms with E-state index >= 15 is 0 Å². The Hall–Kier alpha value is -1.63. The van der Waals surface area contributed by atoms with Gasteiger partial charge in [-0.2, -0.15) is 0 Å². The lowest BCUT2D eigenvalue weighted by Gasteiger charge is -2.38. The molecule has 2 saturated heterocycles. The molecule has 126 valence electrons. The summed E-state index contributed by atoms with van der Waals surface area (Å²) in [5.41, 5.74) is 1.30. The van der Waals surface area contributed by atoms with Gasteiger partial charge in [-0.3, -0.25) is 4.98 Å². The van der Waals surface area contributed by atoms with Crippen LogP contribution in [0.25, 0.3) is 0 Å². The maximum atomic E-state index is 5.79. The molecule has 0 atom stereocenters. The number of aromatic nitrogens is 2. The van der Waals surface area contributed by atoms with Crippen molar-refractivity contribution in [2.24, 2.45) is 0 Å². The fourth-order valence-corrected chi connectivity index (χ4v) is 3.95. The molecule has 4 rings (SSSR count). The molecule has 2 aliphatic heterocycles. The van der Waals surface area contributed by atoms with Gasteiger partial charge in [0.2, 0.25) is 0 Å². The lowest BCUT2D eigenvalue weighted by atomic mass is 10.0. The van der Waals surface area contributed by atoms with Crippen LogP contribution in [0.2, 0.25) is 0 Å². The SMILES string of the molecule is c1ccc(CSc2cncc(N3CCC4(CC3)OCCO4)n2)cc1. The number of benzene rings is 1. The molecule has 0 amide bonds. The summed E-state index contributed by atoms with van der Waals surface area (Å²) in [6, 6.07) is 10.4. The highest BCUT2D eigenvalue weighted by atomic mass is 32.2. The van der Waals surface area contributed by atoms with Crippen LogP contribution in [0, 0.1) is 0 Å². The standard InChI is InChI=1S/C18H21N3O2S/c1-2-4-15(5-3-1)14-24-17-13-19-12-16(20-17)21-8-6-18(7-9-21)22-10-11-23-18/h1-5,12-13H,6-11,14H2. The van der Waals surface area contributed by atoms with Gasteiger partial charge in [0.1, 0.15) is 10.8 Å². The minimum atomic E-state index is -0.344. The van der Waals surface area contributed by atoms with Crippen LogP contribution >= 0.6 is 11.8 Å². The van der Waals surface area contributed by atoms with Crippen molar-refractivity contribution >= 4 is 17.6 Å². The fourth-order valence-electron chi connectivity index (χ4n) is 3.15. The van der Waals surface area contributed by atoms with Crippen LogP contribution in [0.3, 0.4) is 0 Å². The third kappa shape index (κ3) is 3.55. The second kappa shape index (κ2) is 7.09. The molecule has 5 nitrogen and oxygen atoms in total. The molecule has 0 radical (unpaired) electrons. The zero-order chi connectivity index (χ0) is 16.2. The van der Waals surface area contributed by atoms with Crippen molar-refractivity contribution in [3.8, 4) is 0 Å². The molecule has 0 bridgehead atoms. The summed E-state index contributed by atoms with van der Waals surface area (Å²) >= 11 is 1.72. The summed E-state index contributed by atoms with van der Waals surface area (Å²) in [6.45, 7) is 3.21. The first kappa shape index (κ1) is 15.9. The lowest BCUT2D eigenvalue weighted by Crippen LogP contribution is -2.45. The topological polar surface area (TPSA) is 47.5 Å². The van der Waals surface area contributed by atoms with Gasteiger partial charge in [-0.25, -0.2) is 4.98 Å². The molecule has 3 heterocycles. The molecule has 0 unspecified atom stereocenters. The zero-order valence-corrected chi connectivity index (χ0v) is 14.4. The normalized spacial score (nSPS) is 19.8. The van der Waals surface area contributed by atoms with Gasteiger partial charge in [0.25, 0.3) is 0 Å². The number of rotatable bonds is 4. The molecule has 0 aliphatic carbocycles. The minimum Gasteiger partial charge on any atom is -0.355 e. The van der Waals surface area contributed by atoms with Crippen molar-refractivity contribution in [2.75, 3.05) is 31.2 Å². The molecule has 0 N–H and O–H groups in total. The van der Waals surface area contributed by atoms with E-state index in [4.69, 9.17) is 14.5 Å². The lowest BCUT2D eigenvalue weighted by molar-refractivity contribution is -0.169. The Labute approximate surface area is 146 Å². The van der Waals surface area contributed by atoms with E-state index in [0.29, 0.717) is 13.2 Å². The van der Waals surface area contributed by atoms with Gasteiger partial charge >= 0.3 is 0 Å². The van der Waals surface area contributed by atoms with Gasteiger partial charge < -0.3 is 14.4 Å². The van der Waals surface area contributed by atoms with E-state index in [-0.39, 0.29) is 5.79 Å². The summed E-state index contributed by atoms with van der Waals surface area (Å²) < 4.78 is 11.6. The minimum absolute atomic E-state index is 0.344. The Balaban J connectivity index is 1.38. The van der Waals surface area contributed by atoms with Crippen LogP contribution in [0.5, 0.6) is 0 Å². The van der Waals surface area contributed by atoms with Crippen molar-refractivity contribution in [1.82, 2.24) is 9.97 Å². The van der Waals surface area contributed by atoms with Crippen LogP contribution in [-0.2, 0) is 15.2 Å². The summed E-state index contributed by atoms with van der Waals surface area (Å²) in [5, 5.41) is 0.963. The van der Waals surface area contributed by atoms with Gasteiger partial charge in [-0.1, -0.05) is 30.3 Å². The fraction of sp³-hybridized carbons (Fsp3) is 0.444. The number of anilines is 1. The summed E-state index contributed by atoms with van der Waals surface area (Å²) in [5.74, 6) is 1.51. The number of nitrogens with zero attached hydrogens (tertiary/aromatic N) is 3. The zero-order valence-electron chi connectivity index (χ0n) is 13.6. The molecule has 1 spiro atoms. The molecule has 2 aromatic rings. The van der Waals surface area contributed by atoms with Gasteiger partial charge in [-0.15, -0.1) is 11.8 Å². The quantitative estimate of drug-likeness (QED) is 0.795. The van der Waals surface area contributed by atoms with E-state index in [1.807, 2.05) is 18.5 Å². The molecule has 1 aromatic heterocycles. The second-order valence-corrected chi connectivity index (χ2v) is 7.08. The monoisotopic (exact) mass is 343 g/mol. The summed E-state index contributed by atoms with van der Waals surface area (Å²) in [4.78, 5) is 11.4. The smallest absolute Gasteiger partial charge is 0.171 e. The molecular formula is C18H21N3O2S. The Morgan fingerprint density at radius 2 is 1.79 bits per heavy atom. The van der Waals surface area contributed by atoms with Crippen molar-refractivity contribution in [2.45, 2.75) is 29.4 Å². The Morgan fingerprint density at radius 1 is 1.04 bits per heavy atom. The molecule has 1 aromatic carbocycles. The van der Waals surface area contributed by atoms with Crippen LogP contribution in [0.4, 0.5) is 5.82 Å². The molecule has 2 aliphatic rings. The number of thioether (sulfide) groups is 1. The molecule has 24 heavy (non-hydrogen) atoms. The average molecular weight is 343 g/mol. The third-order valence-electron chi connectivity index (χ3n) is 4.49. The number of hydrogen-bond donors (Lipinski definition) is 0. The van der Waals surface area contributed by atoms with Gasteiger partial charge in [0.05, 0.1) is 25.6 Å². The van der Waals surface area contributed by atoms with E-state index in [1.165, 1.54) is 5.56 Å². The highest BCUT2D eigenvalue weighted by Gasteiger charge is 2.40. The van der Waals surface area contributed by atoms with Crippen LogP contribution in [0.15, 0.2) is 47.8 Å². The first-order valence-corrected chi connectivity index (χ1v) is 9.33. The highest BCUT2D eigenvalue weighted by molar-refractivity contribution is 7.98. The summed E-state index contributed by atoms with van der Waals surface area (Å²) in [6.07, 6.45) is 5.46. The van der Waals surface area contributed by atoms with E-state index in [0.717, 1.165) is 42.5 Å². The van der Waals surface area contributed by atoms with Crippen LogP contribution < -0.4 is 4.90 Å². The maximum absolute atomic E-state index is 5.79. The Morgan fingerprint density at radius 3 is 2.54 bits per heavy atom.